The van der Waals surface area contributed by atoms with Crippen LogP contribution in [0.15, 0.2) is 18.2 Å². The van der Waals surface area contributed by atoms with Gasteiger partial charge in [0, 0.05) is 12.5 Å². The van der Waals surface area contributed by atoms with Crippen LogP contribution in [0.1, 0.15) is 24.8 Å². The topological polar surface area (TPSA) is 102 Å². The lowest BCUT2D eigenvalue weighted by Gasteiger charge is -2.07. The van der Waals surface area contributed by atoms with Gasteiger partial charge in [0.2, 0.25) is 0 Å². The molecule has 0 saturated carbocycles. The molecule has 1 aromatic rings. The molecule has 98 valence electrons. The molecule has 0 unspecified atom stereocenters. The summed E-state index contributed by atoms with van der Waals surface area (Å²) in [7, 11) is 0. The van der Waals surface area contributed by atoms with Crippen molar-refractivity contribution in [1.82, 2.24) is 0 Å². The van der Waals surface area contributed by atoms with Gasteiger partial charge in [-0.3, -0.25) is 15.5 Å². The molecule has 0 aliphatic carbocycles. The van der Waals surface area contributed by atoms with E-state index in [-0.39, 0.29) is 11.5 Å². The third kappa shape index (κ3) is 4.40. The summed E-state index contributed by atoms with van der Waals surface area (Å²) in [5.41, 5.74) is 6.12. The zero-order valence-electron chi connectivity index (χ0n) is 10.3. The van der Waals surface area contributed by atoms with Gasteiger partial charge in [0.15, 0.2) is 5.75 Å². The number of amidine groups is 1. The van der Waals surface area contributed by atoms with E-state index >= 15 is 0 Å². The average molecular weight is 251 g/mol. The molecule has 0 radical (unpaired) electrons. The predicted octanol–water partition coefficient (Wildman–Crippen LogP) is 2.39. The highest BCUT2D eigenvalue weighted by Gasteiger charge is 2.14. The number of benzene rings is 1. The molecule has 0 fully saturated rings. The van der Waals surface area contributed by atoms with Crippen molar-refractivity contribution in [3.8, 4) is 5.75 Å². The summed E-state index contributed by atoms with van der Waals surface area (Å²) in [4.78, 5) is 10.3. The van der Waals surface area contributed by atoms with Gasteiger partial charge in [-0.1, -0.05) is 6.07 Å². The van der Waals surface area contributed by atoms with Crippen molar-refractivity contribution in [1.29, 1.82) is 5.41 Å². The van der Waals surface area contributed by atoms with Crippen LogP contribution in [0.4, 0.5) is 5.69 Å². The van der Waals surface area contributed by atoms with Crippen molar-refractivity contribution < 1.29 is 9.66 Å². The normalized spacial score (nSPS) is 10.1. The molecule has 0 aliphatic heterocycles. The minimum absolute atomic E-state index is 0.0211. The molecule has 0 saturated heterocycles. The lowest BCUT2D eigenvalue weighted by molar-refractivity contribution is -0.385. The van der Waals surface area contributed by atoms with Gasteiger partial charge in [-0.15, -0.1) is 0 Å². The summed E-state index contributed by atoms with van der Waals surface area (Å²) in [6.45, 7) is 2.24. The summed E-state index contributed by atoms with van der Waals surface area (Å²) in [6, 6.07) is 4.78. The fourth-order valence-corrected chi connectivity index (χ4v) is 1.49. The first-order valence-corrected chi connectivity index (χ1v) is 5.71. The van der Waals surface area contributed by atoms with E-state index < -0.39 is 4.92 Å². The maximum absolute atomic E-state index is 10.8. The molecule has 0 aliphatic rings. The molecule has 0 spiro atoms. The van der Waals surface area contributed by atoms with E-state index in [9.17, 15) is 10.1 Å². The van der Waals surface area contributed by atoms with Crippen molar-refractivity contribution in [3.05, 3.63) is 33.9 Å². The molecular weight excluding hydrogens is 234 g/mol. The van der Waals surface area contributed by atoms with E-state index in [4.69, 9.17) is 15.9 Å². The lowest BCUT2D eigenvalue weighted by atomic mass is 10.2. The Hall–Kier alpha value is -2.11. The number of nitro groups is 1. The molecule has 0 aromatic heterocycles. The number of rotatable bonds is 7. The van der Waals surface area contributed by atoms with E-state index in [1.54, 1.807) is 12.1 Å². The third-order valence-corrected chi connectivity index (χ3v) is 2.41. The highest BCUT2D eigenvalue weighted by molar-refractivity contribution is 5.76. The van der Waals surface area contributed by atoms with E-state index in [1.165, 1.54) is 6.07 Å². The van der Waals surface area contributed by atoms with Crippen molar-refractivity contribution in [3.63, 3.8) is 0 Å². The number of ether oxygens (including phenoxy) is 1. The van der Waals surface area contributed by atoms with Gasteiger partial charge in [-0.25, -0.2) is 0 Å². The second kappa shape index (κ2) is 6.58. The SMILES string of the molecule is Cc1ccc([N+](=O)[O-])c(OCCCCC(=N)N)c1. The molecule has 1 aromatic carbocycles. The number of nitrogens with zero attached hydrogens (tertiary/aromatic N) is 1. The van der Waals surface area contributed by atoms with Crippen molar-refractivity contribution >= 4 is 11.5 Å². The Balaban J connectivity index is 2.53. The first-order valence-electron chi connectivity index (χ1n) is 5.71. The van der Waals surface area contributed by atoms with Gasteiger partial charge in [0.05, 0.1) is 17.4 Å². The Morgan fingerprint density at radius 3 is 2.83 bits per heavy atom. The Labute approximate surface area is 105 Å². The molecule has 6 nitrogen and oxygen atoms in total. The van der Waals surface area contributed by atoms with Gasteiger partial charge in [-0.05, 0) is 31.4 Å². The van der Waals surface area contributed by atoms with E-state index in [2.05, 4.69) is 0 Å². The van der Waals surface area contributed by atoms with E-state index in [1.807, 2.05) is 6.92 Å². The smallest absolute Gasteiger partial charge is 0.310 e. The van der Waals surface area contributed by atoms with Crippen LogP contribution >= 0.6 is 0 Å². The maximum Gasteiger partial charge on any atom is 0.310 e. The molecule has 1 rings (SSSR count). The van der Waals surface area contributed by atoms with Crippen molar-refractivity contribution in [2.75, 3.05) is 6.61 Å². The quantitative estimate of drug-likeness (QED) is 0.255. The van der Waals surface area contributed by atoms with Crippen LogP contribution < -0.4 is 10.5 Å². The zero-order valence-corrected chi connectivity index (χ0v) is 10.3. The largest absolute Gasteiger partial charge is 0.487 e. The Bertz CT molecular complexity index is 446. The second-order valence-corrected chi connectivity index (χ2v) is 4.06. The fraction of sp³-hybridized carbons (Fsp3) is 0.417. The molecule has 6 heteroatoms. The van der Waals surface area contributed by atoms with Crippen molar-refractivity contribution in [2.45, 2.75) is 26.2 Å². The highest BCUT2D eigenvalue weighted by Crippen LogP contribution is 2.27. The molecule has 0 heterocycles. The molecule has 3 N–H and O–H groups in total. The van der Waals surface area contributed by atoms with Gasteiger partial charge >= 0.3 is 5.69 Å². The van der Waals surface area contributed by atoms with Gasteiger partial charge in [-0.2, -0.15) is 0 Å². The zero-order chi connectivity index (χ0) is 13.5. The summed E-state index contributed by atoms with van der Waals surface area (Å²) in [6.07, 6.45) is 1.99. The Morgan fingerprint density at radius 2 is 2.22 bits per heavy atom. The first kappa shape index (κ1) is 14.0. The maximum atomic E-state index is 10.8. The van der Waals surface area contributed by atoms with E-state index in [0.717, 1.165) is 12.0 Å². The standard InChI is InChI=1S/C12H17N3O3/c1-9-5-6-10(15(16)17)11(8-9)18-7-3-2-4-12(13)14/h5-6,8H,2-4,7H2,1H3,(H3,13,14). The average Bonchev–Trinajstić information content (AvgIpc) is 2.27. The summed E-state index contributed by atoms with van der Waals surface area (Å²) < 4.78 is 5.41. The number of nitro benzene ring substituents is 1. The minimum atomic E-state index is -0.454. The fourth-order valence-electron chi connectivity index (χ4n) is 1.49. The number of nitrogens with one attached hydrogen (secondary N) is 1. The first-order chi connectivity index (χ1) is 8.50. The van der Waals surface area contributed by atoms with Crippen LogP contribution in [0.25, 0.3) is 0 Å². The molecule has 0 atom stereocenters. The van der Waals surface area contributed by atoms with E-state index in [0.29, 0.717) is 25.2 Å². The van der Waals surface area contributed by atoms with Gasteiger partial charge in [0.1, 0.15) is 0 Å². The van der Waals surface area contributed by atoms with Crippen LogP contribution in [0.3, 0.4) is 0 Å². The van der Waals surface area contributed by atoms with Crippen LogP contribution in [0, 0.1) is 22.4 Å². The summed E-state index contributed by atoms with van der Waals surface area (Å²) in [5.74, 6) is 0.444. The summed E-state index contributed by atoms with van der Waals surface area (Å²) >= 11 is 0. The monoisotopic (exact) mass is 251 g/mol. The Morgan fingerprint density at radius 1 is 1.50 bits per heavy atom. The molecular formula is C12H17N3O3. The van der Waals surface area contributed by atoms with Crippen LogP contribution in [-0.4, -0.2) is 17.4 Å². The molecule has 0 amide bonds. The number of hydrogen-bond acceptors (Lipinski definition) is 4. The molecule has 18 heavy (non-hydrogen) atoms. The van der Waals surface area contributed by atoms with Crippen molar-refractivity contribution in [2.24, 2.45) is 5.73 Å². The number of hydrogen-bond donors (Lipinski definition) is 2. The van der Waals surface area contributed by atoms with Crippen LogP contribution in [0.5, 0.6) is 5.75 Å². The number of unbranched alkanes of at least 4 members (excludes halogenated alkanes) is 1. The second-order valence-electron chi connectivity index (χ2n) is 4.06. The summed E-state index contributed by atoms with van der Waals surface area (Å²) in [5, 5.41) is 17.9. The predicted molar refractivity (Wildman–Crippen MR) is 69.1 cm³/mol. The highest BCUT2D eigenvalue weighted by atomic mass is 16.6. The lowest BCUT2D eigenvalue weighted by Crippen LogP contribution is -2.09. The molecule has 0 bridgehead atoms. The van der Waals surface area contributed by atoms with Gasteiger partial charge in [0.25, 0.3) is 0 Å². The van der Waals surface area contributed by atoms with Crippen LogP contribution in [0.2, 0.25) is 0 Å². The Kier molecular flexibility index (Phi) is 5.10. The number of aryl methyl sites for hydroxylation is 1. The number of nitrogens with two attached hydrogens (primary N) is 1. The van der Waals surface area contributed by atoms with Crippen LogP contribution in [-0.2, 0) is 0 Å². The third-order valence-electron chi connectivity index (χ3n) is 2.41. The van der Waals surface area contributed by atoms with Gasteiger partial charge < -0.3 is 10.5 Å². The minimum Gasteiger partial charge on any atom is -0.487 e.